The predicted octanol–water partition coefficient (Wildman–Crippen LogP) is 3.23. The van der Waals surface area contributed by atoms with Crippen LogP contribution in [0.15, 0.2) is 0 Å². The van der Waals surface area contributed by atoms with Crippen LogP contribution in [0.2, 0.25) is 0 Å². The first-order chi connectivity index (χ1) is 7.04. The Balaban J connectivity index is 2.45. The van der Waals surface area contributed by atoms with Crippen LogP contribution in [0.3, 0.4) is 0 Å². The monoisotopic (exact) mass is 234 g/mol. The Labute approximate surface area is 98.3 Å². The SMILES string of the molecule is COC(C)(C)CCC1(CCl)CCOCC1. The molecule has 0 unspecified atom stereocenters. The zero-order chi connectivity index (χ0) is 11.4. The highest BCUT2D eigenvalue weighted by atomic mass is 35.5. The lowest BCUT2D eigenvalue weighted by molar-refractivity contribution is -0.0180. The summed E-state index contributed by atoms with van der Waals surface area (Å²) in [6, 6.07) is 0. The van der Waals surface area contributed by atoms with Crippen molar-refractivity contribution >= 4 is 11.6 Å². The number of ether oxygens (including phenoxy) is 2. The van der Waals surface area contributed by atoms with Gasteiger partial charge in [-0.25, -0.2) is 0 Å². The molecule has 1 saturated heterocycles. The third kappa shape index (κ3) is 3.93. The molecular weight excluding hydrogens is 212 g/mol. The van der Waals surface area contributed by atoms with Gasteiger partial charge in [0.05, 0.1) is 5.60 Å². The van der Waals surface area contributed by atoms with Crippen molar-refractivity contribution in [3.05, 3.63) is 0 Å². The molecular formula is C12H23ClO2. The van der Waals surface area contributed by atoms with Gasteiger partial charge >= 0.3 is 0 Å². The normalized spacial score (nSPS) is 21.6. The molecule has 0 bridgehead atoms. The van der Waals surface area contributed by atoms with Gasteiger partial charge in [-0.3, -0.25) is 0 Å². The molecule has 1 heterocycles. The number of halogens is 1. The number of rotatable bonds is 5. The van der Waals surface area contributed by atoms with Gasteiger partial charge in [0.1, 0.15) is 0 Å². The van der Waals surface area contributed by atoms with E-state index in [1.165, 1.54) is 0 Å². The number of methoxy groups -OCH3 is 1. The second-order valence-corrected chi connectivity index (χ2v) is 5.48. The Morgan fingerprint density at radius 2 is 1.93 bits per heavy atom. The fourth-order valence-electron chi connectivity index (χ4n) is 1.92. The summed E-state index contributed by atoms with van der Waals surface area (Å²) in [6.07, 6.45) is 4.39. The van der Waals surface area contributed by atoms with E-state index in [1.54, 1.807) is 7.11 Å². The van der Waals surface area contributed by atoms with Crippen LogP contribution in [0.4, 0.5) is 0 Å². The fourth-order valence-corrected chi connectivity index (χ4v) is 2.32. The van der Waals surface area contributed by atoms with Crippen molar-refractivity contribution in [2.45, 2.75) is 45.1 Å². The van der Waals surface area contributed by atoms with Gasteiger partial charge in [-0.1, -0.05) is 0 Å². The maximum atomic E-state index is 6.11. The first-order valence-electron chi connectivity index (χ1n) is 5.72. The molecule has 1 rings (SSSR count). The van der Waals surface area contributed by atoms with Gasteiger partial charge in [-0.15, -0.1) is 11.6 Å². The summed E-state index contributed by atoms with van der Waals surface area (Å²) in [5, 5.41) is 0. The molecule has 90 valence electrons. The van der Waals surface area contributed by atoms with E-state index in [0.717, 1.165) is 44.8 Å². The second-order valence-electron chi connectivity index (χ2n) is 5.21. The Bertz CT molecular complexity index is 186. The van der Waals surface area contributed by atoms with Crippen LogP contribution in [-0.4, -0.2) is 31.8 Å². The zero-order valence-electron chi connectivity index (χ0n) is 10.1. The Hall–Kier alpha value is 0.210. The summed E-state index contributed by atoms with van der Waals surface area (Å²) in [5.74, 6) is 0.746. The highest BCUT2D eigenvalue weighted by molar-refractivity contribution is 6.18. The van der Waals surface area contributed by atoms with Crippen molar-refractivity contribution in [1.29, 1.82) is 0 Å². The van der Waals surface area contributed by atoms with E-state index in [-0.39, 0.29) is 11.0 Å². The molecule has 0 aromatic rings. The molecule has 0 radical (unpaired) electrons. The number of hydrogen-bond acceptors (Lipinski definition) is 2. The summed E-state index contributed by atoms with van der Waals surface area (Å²) in [4.78, 5) is 0. The summed E-state index contributed by atoms with van der Waals surface area (Å²) in [6.45, 7) is 5.99. The highest BCUT2D eigenvalue weighted by Crippen LogP contribution is 2.38. The molecule has 0 aliphatic carbocycles. The molecule has 2 nitrogen and oxygen atoms in total. The van der Waals surface area contributed by atoms with E-state index >= 15 is 0 Å². The molecule has 3 heteroatoms. The molecule has 0 atom stereocenters. The van der Waals surface area contributed by atoms with Crippen LogP contribution >= 0.6 is 11.6 Å². The summed E-state index contributed by atoms with van der Waals surface area (Å²) < 4.78 is 10.8. The number of hydrogen-bond donors (Lipinski definition) is 0. The second kappa shape index (κ2) is 5.51. The molecule has 0 amide bonds. The van der Waals surface area contributed by atoms with Gasteiger partial charge in [0.15, 0.2) is 0 Å². The van der Waals surface area contributed by atoms with Crippen molar-refractivity contribution in [1.82, 2.24) is 0 Å². The van der Waals surface area contributed by atoms with E-state index in [1.807, 2.05) is 0 Å². The van der Waals surface area contributed by atoms with Gasteiger partial charge < -0.3 is 9.47 Å². The third-order valence-corrected chi connectivity index (χ3v) is 4.21. The maximum Gasteiger partial charge on any atom is 0.0623 e. The van der Waals surface area contributed by atoms with E-state index < -0.39 is 0 Å². The average Bonchev–Trinajstić information content (AvgIpc) is 2.28. The molecule has 0 aromatic heterocycles. The van der Waals surface area contributed by atoms with Crippen molar-refractivity contribution < 1.29 is 9.47 Å². The molecule has 1 aliphatic rings. The topological polar surface area (TPSA) is 18.5 Å². The maximum absolute atomic E-state index is 6.11. The smallest absolute Gasteiger partial charge is 0.0623 e. The fraction of sp³-hybridized carbons (Fsp3) is 1.00. The van der Waals surface area contributed by atoms with Gasteiger partial charge in [0, 0.05) is 26.2 Å². The number of alkyl halides is 1. The van der Waals surface area contributed by atoms with Crippen molar-refractivity contribution in [3.63, 3.8) is 0 Å². The van der Waals surface area contributed by atoms with Crippen LogP contribution in [0.1, 0.15) is 39.5 Å². The minimum absolute atomic E-state index is 0.0304. The van der Waals surface area contributed by atoms with Crippen molar-refractivity contribution in [2.24, 2.45) is 5.41 Å². The predicted molar refractivity (Wildman–Crippen MR) is 63.5 cm³/mol. The minimum atomic E-state index is -0.0304. The van der Waals surface area contributed by atoms with E-state index in [2.05, 4.69) is 13.8 Å². The summed E-state index contributed by atoms with van der Waals surface area (Å²) in [5.41, 5.74) is 0.257. The lowest BCUT2D eigenvalue weighted by atomic mass is 9.76. The molecule has 0 saturated carbocycles. The average molecular weight is 235 g/mol. The lowest BCUT2D eigenvalue weighted by Crippen LogP contribution is -2.34. The Morgan fingerprint density at radius 3 is 2.40 bits per heavy atom. The first kappa shape index (κ1) is 13.3. The quantitative estimate of drug-likeness (QED) is 0.680. The van der Waals surface area contributed by atoms with Gasteiger partial charge in [-0.2, -0.15) is 0 Å². The molecule has 0 spiro atoms. The Kier molecular flexibility index (Phi) is 4.88. The highest BCUT2D eigenvalue weighted by Gasteiger charge is 2.33. The van der Waals surface area contributed by atoms with Gasteiger partial charge in [0.25, 0.3) is 0 Å². The summed E-state index contributed by atoms with van der Waals surface area (Å²) in [7, 11) is 1.78. The summed E-state index contributed by atoms with van der Waals surface area (Å²) >= 11 is 6.11. The van der Waals surface area contributed by atoms with Crippen LogP contribution in [-0.2, 0) is 9.47 Å². The van der Waals surface area contributed by atoms with E-state index in [0.29, 0.717) is 0 Å². The first-order valence-corrected chi connectivity index (χ1v) is 6.26. The molecule has 1 aliphatic heterocycles. The Morgan fingerprint density at radius 1 is 1.33 bits per heavy atom. The van der Waals surface area contributed by atoms with Gasteiger partial charge in [-0.05, 0) is 44.9 Å². The minimum Gasteiger partial charge on any atom is -0.381 e. The lowest BCUT2D eigenvalue weighted by Gasteiger charge is -2.37. The standard InChI is InChI=1S/C12H23ClO2/c1-11(2,14-3)4-5-12(10-13)6-8-15-9-7-12/h4-10H2,1-3H3. The molecule has 0 aromatic carbocycles. The molecule has 1 fully saturated rings. The van der Waals surface area contributed by atoms with Crippen LogP contribution in [0.5, 0.6) is 0 Å². The van der Waals surface area contributed by atoms with Crippen LogP contribution < -0.4 is 0 Å². The van der Waals surface area contributed by atoms with Gasteiger partial charge in [0.2, 0.25) is 0 Å². The molecule has 0 N–H and O–H groups in total. The third-order valence-electron chi connectivity index (χ3n) is 3.65. The largest absolute Gasteiger partial charge is 0.381 e. The zero-order valence-corrected chi connectivity index (χ0v) is 10.9. The molecule has 15 heavy (non-hydrogen) atoms. The van der Waals surface area contributed by atoms with Crippen molar-refractivity contribution in [2.75, 3.05) is 26.2 Å². The van der Waals surface area contributed by atoms with E-state index in [9.17, 15) is 0 Å². The van der Waals surface area contributed by atoms with Crippen molar-refractivity contribution in [3.8, 4) is 0 Å². The van der Waals surface area contributed by atoms with Crippen LogP contribution in [0, 0.1) is 5.41 Å². The van der Waals surface area contributed by atoms with E-state index in [4.69, 9.17) is 21.1 Å². The van der Waals surface area contributed by atoms with Crippen LogP contribution in [0.25, 0.3) is 0 Å².